The first-order valence-corrected chi connectivity index (χ1v) is 4.07. The lowest BCUT2D eigenvalue weighted by Crippen LogP contribution is -2.21. The van der Waals surface area contributed by atoms with E-state index in [4.69, 9.17) is 0 Å². The van der Waals surface area contributed by atoms with Crippen molar-refractivity contribution in [2.24, 2.45) is 16.3 Å². The van der Waals surface area contributed by atoms with E-state index in [0.717, 1.165) is 0 Å². The average molecular weight is 152 g/mol. The molecular weight excluding hydrogens is 136 g/mol. The molecule has 62 valence electrons. The monoisotopic (exact) mass is 152 g/mol. The van der Waals surface area contributed by atoms with Crippen LogP contribution in [0.25, 0.3) is 0 Å². The molecule has 1 unspecified atom stereocenters. The van der Waals surface area contributed by atoms with Gasteiger partial charge in [0.05, 0.1) is 0 Å². The van der Waals surface area contributed by atoms with Crippen LogP contribution in [0.1, 0.15) is 20.8 Å². The minimum absolute atomic E-state index is 0.128. The molecule has 0 spiro atoms. The third-order valence-electron chi connectivity index (χ3n) is 2.36. The van der Waals surface area contributed by atoms with Crippen molar-refractivity contribution in [2.45, 2.75) is 20.8 Å². The SMILES string of the molecule is CC(C)C1(C)C=CNCN=C1. The summed E-state index contributed by atoms with van der Waals surface area (Å²) in [7, 11) is 0. The van der Waals surface area contributed by atoms with E-state index in [1.54, 1.807) is 0 Å². The molecule has 1 rings (SSSR count). The summed E-state index contributed by atoms with van der Waals surface area (Å²) in [6.45, 7) is 7.33. The summed E-state index contributed by atoms with van der Waals surface area (Å²) in [4.78, 5) is 4.25. The van der Waals surface area contributed by atoms with Gasteiger partial charge in [0.1, 0.15) is 6.67 Å². The van der Waals surface area contributed by atoms with Gasteiger partial charge >= 0.3 is 0 Å². The van der Waals surface area contributed by atoms with Crippen LogP contribution in [-0.2, 0) is 0 Å². The predicted molar refractivity (Wildman–Crippen MR) is 48.6 cm³/mol. The molecule has 0 aliphatic carbocycles. The Balaban J connectivity index is 2.80. The zero-order chi connectivity index (χ0) is 8.32. The molecule has 0 aromatic rings. The molecule has 1 aliphatic heterocycles. The molecule has 0 saturated carbocycles. The highest BCUT2D eigenvalue weighted by atomic mass is 15.0. The Hall–Kier alpha value is -0.790. The summed E-state index contributed by atoms with van der Waals surface area (Å²) >= 11 is 0. The minimum Gasteiger partial charge on any atom is -0.373 e. The van der Waals surface area contributed by atoms with Crippen molar-refractivity contribution < 1.29 is 0 Å². The molecule has 11 heavy (non-hydrogen) atoms. The molecule has 1 N–H and O–H groups in total. The predicted octanol–water partition coefficient (Wildman–Crippen LogP) is 1.79. The zero-order valence-corrected chi connectivity index (χ0v) is 7.46. The van der Waals surface area contributed by atoms with Crippen LogP contribution in [0.5, 0.6) is 0 Å². The zero-order valence-electron chi connectivity index (χ0n) is 7.46. The molecule has 2 nitrogen and oxygen atoms in total. The van der Waals surface area contributed by atoms with E-state index in [2.05, 4.69) is 37.2 Å². The van der Waals surface area contributed by atoms with Gasteiger partial charge in [0.25, 0.3) is 0 Å². The number of aliphatic imine (C=N–C) groups is 1. The summed E-state index contributed by atoms with van der Waals surface area (Å²) in [5, 5.41) is 3.08. The molecule has 1 heterocycles. The van der Waals surface area contributed by atoms with Crippen LogP contribution in [-0.4, -0.2) is 12.9 Å². The molecule has 0 fully saturated rings. The van der Waals surface area contributed by atoms with Crippen molar-refractivity contribution in [1.82, 2.24) is 5.32 Å². The summed E-state index contributed by atoms with van der Waals surface area (Å²) in [5.74, 6) is 0.599. The Morgan fingerprint density at radius 2 is 2.27 bits per heavy atom. The van der Waals surface area contributed by atoms with Gasteiger partial charge in [0, 0.05) is 11.6 Å². The number of allylic oxidation sites excluding steroid dienone is 1. The number of rotatable bonds is 1. The third kappa shape index (κ3) is 1.82. The van der Waals surface area contributed by atoms with E-state index in [9.17, 15) is 0 Å². The fourth-order valence-corrected chi connectivity index (χ4v) is 0.971. The number of hydrogen-bond donors (Lipinski definition) is 1. The average Bonchev–Trinajstić information content (AvgIpc) is 2.15. The Labute approximate surface area is 68.4 Å². The largest absolute Gasteiger partial charge is 0.373 e. The molecule has 0 aromatic heterocycles. The van der Waals surface area contributed by atoms with E-state index in [1.807, 2.05) is 12.4 Å². The Kier molecular flexibility index (Phi) is 2.32. The van der Waals surface area contributed by atoms with Crippen LogP contribution < -0.4 is 5.32 Å². The topological polar surface area (TPSA) is 24.4 Å². The van der Waals surface area contributed by atoms with Gasteiger partial charge in [-0.05, 0) is 12.1 Å². The first-order chi connectivity index (χ1) is 5.15. The maximum Gasteiger partial charge on any atom is 0.106 e. The molecule has 0 bridgehead atoms. The molecule has 0 aromatic carbocycles. The van der Waals surface area contributed by atoms with Crippen molar-refractivity contribution in [3.8, 4) is 0 Å². The Morgan fingerprint density at radius 3 is 2.91 bits per heavy atom. The van der Waals surface area contributed by atoms with Crippen LogP contribution in [0, 0.1) is 11.3 Å². The quantitative estimate of drug-likeness (QED) is 0.608. The van der Waals surface area contributed by atoms with Crippen molar-refractivity contribution in [3.05, 3.63) is 12.3 Å². The molecule has 0 saturated heterocycles. The molecule has 1 atom stereocenters. The lowest BCUT2D eigenvalue weighted by atomic mass is 9.80. The number of nitrogens with zero attached hydrogens (tertiary/aromatic N) is 1. The fraction of sp³-hybridized carbons (Fsp3) is 0.667. The number of hydrogen-bond acceptors (Lipinski definition) is 2. The maximum atomic E-state index is 4.25. The second-order valence-electron chi connectivity index (χ2n) is 3.53. The van der Waals surface area contributed by atoms with Crippen LogP contribution >= 0.6 is 0 Å². The van der Waals surface area contributed by atoms with E-state index in [0.29, 0.717) is 12.6 Å². The van der Waals surface area contributed by atoms with E-state index in [-0.39, 0.29) is 5.41 Å². The van der Waals surface area contributed by atoms with Crippen LogP contribution in [0.15, 0.2) is 17.3 Å². The van der Waals surface area contributed by atoms with Crippen LogP contribution in [0.3, 0.4) is 0 Å². The van der Waals surface area contributed by atoms with Crippen molar-refractivity contribution in [2.75, 3.05) is 6.67 Å². The Morgan fingerprint density at radius 1 is 1.55 bits per heavy atom. The molecule has 2 heteroatoms. The third-order valence-corrected chi connectivity index (χ3v) is 2.36. The highest BCUT2D eigenvalue weighted by molar-refractivity contribution is 5.68. The summed E-state index contributed by atoms with van der Waals surface area (Å²) in [5.41, 5.74) is 0.128. The van der Waals surface area contributed by atoms with Gasteiger partial charge in [0.2, 0.25) is 0 Å². The normalized spacial score (nSPS) is 30.2. The van der Waals surface area contributed by atoms with Gasteiger partial charge in [0.15, 0.2) is 0 Å². The number of nitrogens with one attached hydrogen (secondary N) is 1. The highest BCUT2D eigenvalue weighted by Gasteiger charge is 2.23. The van der Waals surface area contributed by atoms with Crippen molar-refractivity contribution in [1.29, 1.82) is 0 Å². The second kappa shape index (κ2) is 3.07. The van der Waals surface area contributed by atoms with Crippen molar-refractivity contribution >= 4 is 6.21 Å². The van der Waals surface area contributed by atoms with Gasteiger partial charge in [-0.15, -0.1) is 0 Å². The first kappa shape index (κ1) is 8.31. The van der Waals surface area contributed by atoms with Crippen LogP contribution in [0.4, 0.5) is 0 Å². The van der Waals surface area contributed by atoms with E-state index in [1.165, 1.54) is 0 Å². The van der Waals surface area contributed by atoms with Crippen molar-refractivity contribution in [3.63, 3.8) is 0 Å². The smallest absolute Gasteiger partial charge is 0.106 e. The van der Waals surface area contributed by atoms with E-state index >= 15 is 0 Å². The standard InChI is InChI=1S/C9H16N2/c1-8(2)9(3)4-5-10-7-11-6-9/h4-6,8,10H,7H2,1-3H3. The van der Waals surface area contributed by atoms with Gasteiger partial charge < -0.3 is 5.32 Å². The van der Waals surface area contributed by atoms with Gasteiger partial charge in [-0.25, -0.2) is 0 Å². The lowest BCUT2D eigenvalue weighted by Gasteiger charge is -2.24. The molecule has 1 aliphatic rings. The highest BCUT2D eigenvalue weighted by Crippen LogP contribution is 2.26. The van der Waals surface area contributed by atoms with E-state index < -0.39 is 0 Å². The summed E-state index contributed by atoms with van der Waals surface area (Å²) in [6.07, 6.45) is 6.20. The van der Waals surface area contributed by atoms with Crippen LogP contribution in [0.2, 0.25) is 0 Å². The first-order valence-electron chi connectivity index (χ1n) is 4.07. The maximum absolute atomic E-state index is 4.25. The van der Waals surface area contributed by atoms with Gasteiger partial charge in [-0.2, -0.15) is 0 Å². The second-order valence-corrected chi connectivity index (χ2v) is 3.53. The fourth-order valence-electron chi connectivity index (χ4n) is 0.971. The Bertz CT molecular complexity index is 166. The van der Waals surface area contributed by atoms with Gasteiger partial charge in [-0.3, -0.25) is 4.99 Å². The lowest BCUT2D eigenvalue weighted by molar-refractivity contribution is 0.424. The molecule has 0 amide bonds. The molecule has 0 radical (unpaired) electrons. The summed E-state index contributed by atoms with van der Waals surface area (Å²) < 4.78 is 0. The van der Waals surface area contributed by atoms with Gasteiger partial charge in [-0.1, -0.05) is 26.8 Å². The summed E-state index contributed by atoms with van der Waals surface area (Å²) in [6, 6.07) is 0. The molecular formula is C9H16N2. The minimum atomic E-state index is 0.128.